The number of aliphatic hydroxyl groups is 1. The Labute approximate surface area is 60.0 Å². The van der Waals surface area contributed by atoms with Gasteiger partial charge in [-0.15, -0.1) is 0 Å². The summed E-state index contributed by atoms with van der Waals surface area (Å²) < 4.78 is 4.59. The molecule has 10 heavy (non-hydrogen) atoms. The molecule has 0 saturated carbocycles. The van der Waals surface area contributed by atoms with Crippen molar-refractivity contribution in [3.05, 3.63) is 0 Å². The smallest absolute Gasteiger partial charge is 0.305 e. The van der Waals surface area contributed by atoms with E-state index in [1.165, 1.54) is 0 Å². The molecule has 0 aliphatic carbocycles. The first-order valence-corrected chi connectivity index (χ1v) is 3.26. The van der Waals surface area contributed by atoms with E-state index in [-0.39, 0.29) is 18.8 Å². The summed E-state index contributed by atoms with van der Waals surface area (Å²) in [6.45, 7) is 2.11. The Morgan fingerprint density at radius 3 is 2.80 bits per heavy atom. The van der Waals surface area contributed by atoms with Gasteiger partial charge in [0.2, 0.25) is 0 Å². The van der Waals surface area contributed by atoms with Crippen molar-refractivity contribution in [3.8, 4) is 0 Å². The molecule has 0 aliphatic heterocycles. The number of hydrogen-bond acceptors (Lipinski definition) is 4. The van der Waals surface area contributed by atoms with Crippen LogP contribution >= 0.6 is 0 Å². The summed E-state index contributed by atoms with van der Waals surface area (Å²) in [7, 11) is 0. The highest BCUT2D eigenvalue weighted by molar-refractivity contribution is 5.69. The first-order valence-electron chi connectivity index (χ1n) is 3.26. The molecule has 0 amide bonds. The van der Waals surface area contributed by atoms with Gasteiger partial charge in [-0.2, -0.15) is 0 Å². The van der Waals surface area contributed by atoms with Gasteiger partial charge in [-0.25, -0.2) is 0 Å². The Morgan fingerprint density at radius 1 is 1.80 bits per heavy atom. The summed E-state index contributed by atoms with van der Waals surface area (Å²) in [6, 6.07) is 0. The lowest BCUT2D eigenvalue weighted by molar-refractivity contribution is -0.143. The van der Waals surface area contributed by atoms with Gasteiger partial charge in [0.1, 0.15) is 6.23 Å². The van der Waals surface area contributed by atoms with E-state index in [9.17, 15) is 4.79 Å². The van der Waals surface area contributed by atoms with Gasteiger partial charge in [0.15, 0.2) is 0 Å². The number of esters is 1. The van der Waals surface area contributed by atoms with Crippen molar-refractivity contribution in [2.45, 2.75) is 26.0 Å². The molecule has 0 radical (unpaired) electrons. The fraction of sp³-hybridized carbons (Fsp3) is 0.833. The average Bonchev–Trinajstić information content (AvgIpc) is 1.85. The summed E-state index contributed by atoms with van der Waals surface area (Å²) in [5.74, 6) is -0.313. The molecule has 0 fully saturated rings. The predicted octanol–water partition coefficient (Wildman–Crippen LogP) is -0.393. The topological polar surface area (TPSA) is 72.5 Å². The van der Waals surface area contributed by atoms with Crippen LogP contribution in [0.5, 0.6) is 0 Å². The highest BCUT2D eigenvalue weighted by Gasteiger charge is 2.03. The van der Waals surface area contributed by atoms with Crippen LogP contribution in [-0.2, 0) is 9.53 Å². The maximum Gasteiger partial charge on any atom is 0.305 e. The Bertz CT molecular complexity index is 103. The summed E-state index contributed by atoms with van der Waals surface area (Å²) in [6.07, 6.45) is -0.464. The third-order valence-electron chi connectivity index (χ3n) is 0.950. The monoisotopic (exact) mass is 147 g/mol. The van der Waals surface area contributed by atoms with E-state index in [0.717, 1.165) is 0 Å². The van der Waals surface area contributed by atoms with Crippen LogP contribution in [0.3, 0.4) is 0 Å². The van der Waals surface area contributed by atoms with Crippen molar-refractivity contribution >= 4 is 5.97 Å². The molecular weight excluding hydrogens is 134 g/mol. The van der Waals surface area contributed by atoms with Crippen LogP contribution in [0.25, 0.3) is 0 Å². The second kappa shape index (κ2) is 5.20. The molecule has 3 N–H and O–H groups in total. The van der Waals surface area contributed by atoms with Crippen molar-refractivity contribution in [2.24, 2.45) is 5.73 Å². The lowest BCUT2D eigenvalue weighted by atomic mass is 10.3. The maximum atomic E-state index is 10.6. The van der Waals surface area contributed by atoms with E-state index < -0.39 is 6.23 Å². The van der Waals surface area contributed by atoms with Crippen LogP contribution < -0.4 is 5.73 Å². The molecule has 4 nitrogen and oxygen atoms in total. The number of aliphatic hydroxyl groups excluding tert-OH is 1. The minimum absolute atomic E-state index is 0.186. The molecule has 0 bridgehead atoms. The molecular formula is C6H13NO3. The minimum atomic E-state index is -0.913. The zero-order valence-electron chi connectivity index (χ0n) is 6.04. The Morgan fingerprint density at radius 2 is 2.40 bits per heavy atom. The lowest BCUT2D eigenvalue weighted by Gasteiger charge is -2.02. The normalized spacial score (nSPS) is 12.7. The first kappa shape index (κ1) is 9.39. The maximum absolute atomic E-state index is 10.6. The molecule has 0 aromatic carbocycles. The van der Waals surface area contributed by atoms with Crippen molar-refractivity contribution in [1.29, 1.82) is 0 Å². The van der Waals surface area contributed by atoms with Crippen molar-refractivity contribution < 1.29 is 14.6 Å². The van der Waals surface area contributed by atoms with Gasteiger partial charge in [-0.3, -0.25) is 4.79 Å². The number of nitrogens with two attached hydrogens (primary N) is 1. The van der Waals surface area contributed by atoms with Crippen LogP contribution in [0.15, 0.2) is 0 Å². The van der Waals surface area contributed by atoms with Crippen molar-refractivity contribution in [1.82, 2.24) is 0 Å². The standard InChI is InChI=1S/C6H13NO3/c1-2-10-6(9)4-3-5(7)8/h5,8H,2-4,7H2,1H3/t5-/m0/s1. The first-order chi connectivity index (χ1) is 4.66. The summed E-state index contributed by atoms with van der Waals surface area (Å²) in [5, 5.41) is 8.54. The summed E-state index contributed by atoms with van der Waals surface area (Å²) >= 11 is 0. The number of carbonyl (C=O) groups is 1. The second-order valence-corrected chi connectivity index (χ2v) is 1.91. The molecule has 0 spiro atoms. The Balaban J connectivity index is 3.22. The third kappa shape index (κ3) is 5.53. The van der Waals surface area contributed by atoms with Crippen LogP contribution in [0.4, 0.5) is 0 Å². The van der Waals surface area contributed by atoms with Crippen LogP contribution in [0.2, 0.25) is 0 Å². The molecule has 60 valence electrons. The fourth-order valence-electron chi connectivity index (χ4n) is 0.499. The van der Waals surface area contributed by atoms with Crippen LogP contribution in [0.1, 0.15) is 19.8 Å². The second-order valence-electron chi connectivity index (χ2n) is 1.91. The molecule has 1 atom stereocenters. The lowest BCUT2D eigenvalue weighted by Crippen LogP contribution is -2.20. The van der Waals surface area contributed by atoms with Gasteiger partial charge in [-0.1, -0.05) is 0 Å². The van der Waals surface area contributed by atoms with E-state index >= 15 is 0 Å². The minimum Gasteiger partial charge on any atom is -0.466 e. The highest BCUT2D eigenvalue weighted by Crippen LogP contribution is 1.93. The van der Waals surface area contributed by atoms with Crippen LogP contribution in [-0.4, -0.2) is 23.9 Å². The Kier molecular flexibility index (Phi) is 4.88. The predicted molar refractivity (Wildman–Crippen MR) is 36.1 cm³/mol. The van der Waals surface area contributed by atoms with Gasteiger partial charge in [0, 0.05) is 6.42 Å². The van der Waals surface area contributed by atoms with Crippen LogP contribution in [0, 0.1) is 0 Å². The quantitative estimate of drug-likeness (QED) is 0.419. The third-order valence-corrected chi connectivity index (χ3v) is 0.950. The highest BCUT2D eigenvalue weighted by atomic mass is 16.5. The SMILES string of the molecule is CCOC(=O)CC[C@@H](N)O. The van der Waals surface area contributed by atoms with E-state index in [2.05, 4.69) is 4.74 Å². The molecule has 0 heterocycles. The molecule has 4 heteroatoms. The van der Waals surface area contributed by atoms with E-state index in [0.29, 0.717) is 6.61 Å². The number of ether oxygens (including phenoxy) is 1. The molecule has 0 unspecified atom stereocenters. The fourth-order valence-corrected chi connectivity index (χ4v) is 0.499. The van der Waals surface area contributed by atoms with Gasteiger partial charge in [0.25, 0.3) is 0 Å². The molecule has 0 rings (SSSR count). The molecule has 0 saturated heterocycles. The van der Waals surface area contributed by atoms with E-state index in [1.54, 1.807) is 6.92 Å². The van der Waals surface area contributed by atoms with E-state index in [1.807, 2.05) is 0 Å². The summed E-state index contributed by atoms with van der Waals surface area (Å²) in [4.78, 5) is 10.6. The zero-order valence-corrected chi connectivity index (χ0v) is 6.04. The largest absolute Gasteiger partial charge is 0.466 e. The summed E-state index contributed by atoms with van der Waals surface area (Å²) in [5.41, 5.74) is 4.98. The zero-order chi connectivity index (χ0) is 7.98. The van der Waals surface area contributed by atoms with Gasteiger partial charge in [-0.05, 0) is 13.3 Å². The molecule has 0 aromatic rings. The number of rotatable bonds is 4. The van der Waals surface area contributed by atoms with Crippen molar-refractivity contribution in [3.63, 3.8) is 0 Å². The van der Waals surface area contributed by atoms with Gasteiger partial charge < -0.3 is 15.6 Å². The average molecular weight is 147 g/mol. The molecule has 0 aromatic heterocycles. The molecule has 0 aliphatic rings. The van der Waals surface area contributed by atoms with Gasteiger partial charge in [0.05, 0.1) is 6.61 Å². The number of carbonyl (C=O) groups excluding carboxylic acids is 1. The number of hydrogen-bond donors (Lipinski definition) is 2. The van der Waals surface area contributed by atoms with E-state index in [4.69, 9.17) is 10.8 Å². The van der Waals surface area contributed by atoms with Gasteiger partial charge >= 0.3 is 5.97 Å². The van der Waals surface area contributed by atoms with Crippen molar-refractivity contribution in [2.75, 3.05) is 6.61 Å². The Hall–Kier alpha value is -0.610.